The van der Waals surface area contributed by atoms with E-state index in [0.29, 0.717) is 25.9 Å². The Hall–Kier alpha value is -2.13. The maximum Gasteiger partial charge on any atom is 0.246 e. The molecular weight excluding hydrogens is 262 g/mol. The van der Waals surface area contributed by atoms with Gasteiger partial charge in [-0.15, -0.1) is 0 Å². The second-order valence-corrected chi connectivity index (χ2v) is 5.46. The minimum atomic E-state index is -0.254. The van der Waals surface area contributed by atoms with Gasteiger partial charge in [0.2, 0.25) is 5.91 Å². The van der Waals surface area contributed by atoms with Crippen LogP contribution in [0.15, 0.2) is 48.5 Å². The van der Waals surface area contributed by atoms with Gasteiger partial charge in [-0.2, -0.15) is 0 Å². The average molecular weight is 281 g/mol. The van der Waals surface area contributed by atoms with Crippen molar-refractivity contribution in [3.8, 4) is 0 Å². The Kier molecular flexibility index (Phi) is 4.02. The standard InChI is InChI=1S/C18H19NO2/c20-16-10-12-19(13-11-16)18(21)9-8-15-6-3-5-14-4-1-2-7-17(14)15/h1-9,16,20H,10-13H2/b9-8+. The van der Waals surface area contributed by atoms with Gasteiger partial charge < -0.3 is 10.0 Å². The van der Waals surface area contributed by atoms with E-state index < -0.39 is 0 Å². The van der Waals surface area contributed by atoms with Gasteiger partial charge in [-0.3, -0.25) is 4.79 Å². The van der Waals surface area contributed by atoms with Crippen molar-refractivity contribution in [2.24, 2.45) is 0 Å². The molecule has 0 aliphatic carbocycles. The van der Waals surface area contributed by atoms with Crippen molar-refractivity contribution in [1.29, 1.82) is 0 Å². The lowest BCUT2D eigenvalue weighted by atomic mass is 10.0. The Labute approximate surface area is 124 Å². The fraction of sp³-hybridized carbons (Fsp3) is 0.278. The first-order valence-corrected chi connectivity index (χ1v) is 7.37. The lowest BCUT2D eigenvalue weighted by molar-refractivity contribution is -0.127. The Balaban J connectivity index is 1.77. The number of hydrogen-bond acceptors (Lipinski definition) is 2. The average Bonchev–Trinajstić information content (AvgIpc) is 2.53. The van der Waals surface area contributed by atoms with Crippen LogP contribution in [0.25, 0.3) is 16.8 Å². The van der Waals surface area contributed by atoms with Gasteiger partial charge in [0.15, 0.2) is 0 Å². The molecule has 1 aliphatic rings. The molecule has 0 bridgehead atoms. The summed E-state index contributed by atoms with van der Waals surface area (Å²) in [7, 11) is 0. The Bertz CT molecular complexity index is 664. The van der Waals surface area contributed by atoms with Crippen LogP contribution in [0.3, 0.4) is 0 Å². The largest absolute Gasteiger partial charge is 0.393 e. The number of aliphatic hydroxyl groups is 1. The number of likely N-dealkylation sites (tertiary alicyclic amines) is 1. The summed E-state index contributed by atoms with van der Waals surface area (Å²) >= 11 is 0. The SMILES string of the molecule is O=C(/C=C/c1cccc2ccccc12)N1CCC(O)CC1. The molecule has 2 aromatic rings. The highest BCUT2D eigenvalue weighted by atomic mass is 16.3. The number of piperidine rings is 1. The van der Waals surface area contributed by atoms with Crippen molar-refractivity contribution in [3.63, 3.8) is 0 Å². The van der Waals surface area contributed by atoms with Gasteiger partial charge >= 0.3 is 0 Å². The van der Waals surface area contributed by atoms with Crippen molar-refractivity contribution in [2.45, 2.75) is 18.9 Å². The molecule has 1 saturated heterocycles. The van der Waals surface area contributed by atoms with Crippen LogP contribution in [0.5, 0.6) is 0 Å². The van der Waals surface area contributed by atoms with Gasteiger partial charge in [0.05, 0.1) is 6.10 Å². The van der Waals surface area contributed by atoms with E-state index in [-0.39, 0.29) is 12.0 Å². The molecule has 1 N–H and O–H groups in total. The molecule has 108 valence electrons. The summed E-state index contributed by atoms with van der Waals surface area (Å²) in [5, 5.41) is 11.8. The van der Waals surface area contributed by atoms with Crippen LogP contribution in [0.2, 0.25) is 0 Å². The van der Waals surface area contributed by atoms with Crippen LogP contribution in [0.1, 0.15) is 18.4 Å². The highest BCUT2D eigenvalue weighted by Gasteiger charge is 2.19. The van der Waals surface area contributed by atoms with Crippen molar-refractivity contribution in [3.05, 3.63) is 54.1 Å². The van der Waals surface area contributed by atoms with Crippen LogP contribution >= 0.6 is 0 Å². The third-order valence-electron chi connectivity index (χ3n) is 4.00. The minimum absolute atomic E-state index is 0.0230. The number of rotatable bonds is 2. The summed E-state index contributed by atoms with van der Waals surface area (Å²) in [5.74, 6) is 0.0230. The highest BCUT2D eigenvalue weighted by molar-refractivity contribution is 5.96. The van der Waals surface area contributed by atoms with E-state index in [1.807, 2.05) is 30.3 Å². The van der Waals surface area contributed by atoms with Gasteiger partial charge in [0.25, 0.3) is 0 Å². The smallest absolute Gasteiger partial charge is 0.246 e. The predicted molar refractivity (Wildman–Crippen MR) is 84.8 cm³/mol. The first-order valence-electron chi connectivity index (χ1n) is 7.37. The van der Waals surface area contributed by atoms with E-state index in [1.165, 1.54) is 5.39 Å². The van der Waals surface area contributed by atoms with Gasteiger partial charge in [-0.1, -0.05) is 42.5 Å². The summed E-state index contributed by atoms with van der Waals surface area (Å²) in [6.45, 7) is 1.28. The molecule has 0 aromatic heterocycles. The molecule has 1 amide bonds. The van der Waals surface area contributed by atoms with Gasteiger partial charge in [-0.05, 0) is 35.3 Å². The number of aliphatic hydroxyl groups excluding tert-OH is 1. The van der Waals surface area contributed by atoms with Gasteiger partial charge in [-0.25, -0.2) is 0 Å². The molecule has 3 heteroatoms. The second kappa shape index (κ2) is 6.10. The van der Waals surface area contributed by atoms with E-state index in [2.05, 4.69) is 18.2 Å². The van der Waals surface area contributed by atoms with Crippen LogP contribution in [0, 0.1) is 0 Å². The third-order valence-corrected chi connectivity index (χ3v) is 4.00. The monoisotopic (exact) mass is 281 g/mol. The zero-order valence-corrected chi connectivity index (χ0v) is 11.9. The topological polar surface area (TPSA) is 40.5 Å². The molecule has 0 saturated carbocycles. The summed E-state index contributed by atoms with van der Waals surface area (Å²) < 4.78 is 0. The number of fused-ring (bicyclic) bond motifs is 1. The maximum atomic E-state index is 12.2. The fourth-order valence-electron chi connectivity index (χ4n) is 2.75. The fourth-order valence-corrected chi connectivity index (χ4v) is 2.75. The summed E-state index contributed by atoms with van der Waals surface area (Å²) in [6.07, 6.45) is 4.62. The van der Waals surface area contributed by atoms with Crippen molar-refractivity contribution in [1.82, 2.24) is 4.90 Å². The second-order valence-electron chi connectivity index (χ2n) is 5.46. The molecule has 21 heavy (non-hydrogen) atoms. The minimum Gasteiger partial charge on any atom is -0.393 e. The Morgan fingerprint density at radius 1 is 1.10 bits per heavy atom. The molecule has 1 heterocycles. The van der Waals surface area contributed by atoms with E-state index in [4.69, 9.17) is 0 Å². The number of benzene rings is 2. The molecule has 3 rings (SSSR count). The van der Waals surface area contributed by atoms with E-state index >= 15 is 0 Å². The quantitative estimate of drug-likeness (QED) is 0.860. The van der Waals surface area contributed by atoms with Crippen molar-refractivity contribution >= 4 is 22.8 Å². The molecule has 0 unspecified atom stereocenters. The molecule has 0 spiro atoms. The number of hydrogen-bond donors (Lipinski definition) is 1. The lowest BCUT2D eigenvalue weighted by Crippen LogP contribution is -2.39. The summed E-state index contributed by atoms with van der Waals surface area (Å²) in [4.78, 5) is 14.0. The molecule has 0 atom stereocenters. The van der Waals surface area contributed by atoms with E-state index in [0.717, 1.165) is 10.9 Å². The molecule has 3 nitrogen and oxygen atoms in total. The zero-order valence-electron chi connectivity index (χ0n) is 11.9. The van der Waals surface area contributed by atoms with Crippen molar-refractivity contribution in [2.75, 3.05) is 13.1 Å². The normalized spacial score (nSPS) is 16.7. The molecule has 0 radical (unpaired) electrons. The Morgan fingerprint density at radius 3 is 2.62 bits per heavy atom. The van der Waals surface area contributed by atoms with E-state index in [1.54, 1.807) is 11.0 Å². The number of carbonyl (C=O) groups excluding carboxylic acids is 1. The van der Waals surface area contributed by atoms with Crippen molar-refractivity contribution < 1.29 is 9.90 Å². The molecule has 1 fully saturated rings. The maximum absolute atomic E-state index is 12.2. The first-order chi connectivity index (χ1) is 10.2. The third kappa shape index (κ3) is 3.14. The lowest BCUT2D eigenvalue weighted by Gasteiger charge is -2.28. The van der Waals surface area contributed by atoms with Crippen LogP contribution in [-0.4, -0.2) is 35.1 Å². The number of nitrogens with zero attached hydrogens (tertiary/aromatic N) is 1. The Morgan fingerprint density at radius 2 is 1.81 bits per heavy atom. The highest BCUT2D eigenvalue weighted by Crippen LogP contribution is 2.20. The zero-order chi connectivity index (χ0) is 14.7. The number of carbonyl (C=O) groups is 1. The van der Waals surface area contributed by atoms with Crippen LogP contribution in [0.4, 0.5) is 0 Å². The van der Waals surface area contributed by atoms with Gasteiger partial charge in [0, 0.05) is 19.2 Å². The summed E-state index contributed by atoms with van der Waals surface area (Å²) in [6, 6.07) is 14.3. The number of amides is 1. The first kappa shape index (κ1) is 13.8. The molecule has 2 aromatic carbocycles. The summed E-state index contributed by atoms with van der Waals surface area (Å²) in [5.41, 5.74) is 1.05. The van der Waals surface area contributed by atoms with Crippen LogP contribution < -0.4 is 0 Å². The molecular formula is C18H19NO2. The molecule has 1 aliphatic heterocycles. The predicted octanol–water partition coefficient (Wildman–Crippen LogP) is 2.84. The van der Waals surface area contributed by atoms with Gasteiger partial charge in [0.1, 0.15) is 0 Å². The van der Waals surface area contributed by atoms with E-state index in [9.17, 15) is 9.90 Å². The van der Waals surface area contributed by atoms with Crippen LogP contribution in [-0.2, 0) is 4.79 Å².